The second kappa shape index (κ2) is 14.4. The Morgan fingerprint density at radius 1 is 0.969 bits per heavy atom. The lowest BCUT2D eigenvalue weighted by Crippen LogP contribution is -2.49. The van der Waals surface area contributed by atoms with Gasteiger partial charge in [0.15, 0.2) is 23.8 Å². The van der Waals surface area contributed by atoms with Gasteiger partial charge in [-0.3, -0.25) is 24.4 Å². The highest BCUT2D eigenvalue weighted by Gasteiger charge is 2.31. The van der Waals surface area contributed by atoms with Crippen LogP contribution >= 0.6 is 0 Å². The lowest BCUT2D eigenvalue weighted by Gasteiger charge is -2.24. The largest absolute Gasteiger partial charge is 0.452 e. The number of carbonyl (C=O) groups is 3. The highest BCUT2D eigenvalue weighted by molar-refractivity contribution is 5.94. The number of carbonyl (C=O) groups excluding carboxylic acids is 3. The summed E-state index contributed by atoms with van der Waals surface area (Å²) >= 11 is 0. The average Bonchev–Trinajstić information content (AvgIpc) is 2.76. The zero-order chi connectivity index (χ0) is 23.9. The fraction of sp³-hybridized carbons (Fsp3) is 0.450. The van der Waals surface area contributed by atoms with Gasteiger partial charge < -0.3 is 38.7 Å². The molecule has 0 spiro atoms. The van der Waals surface area contributed by atoms with Crippen LogP contribution in [-0.2, 0) is 19.1 Å². The fourth-order valence-corrected chi connectivity index (χ4v) is 2.89. The number of rotatable bonds is 15. The summed E-state index contributed by atoms with van der Waals surface area (Å²) in [4.78, 5) is 44.5. The van der Waals surface area contributed by atoms with Crippen LogP contribution in [0.5, 0.6) is 0 Å². The van der Waals surface area contributed by atoms with Crippen molar-refractivity contribution in [1.29, 1.82) is 0 Å². The number of nitrogens with one attached hydrogen (secondary N) is 1. The number of ketones is 1. The summed E-state index contributed by atoms with van der Waals surface area (Å²) in [6.07, 6.45) is 0.228. The normalized spacial score (nSPS) is 13.2. The van der Waals surface area contributed by atoms with Crippen molar-refractivity contribution in [3.8, 4) is 0 Å². The minimum absolute atomic E-state index is 0.0448. The zero-order valence-electron chi connectivity index (χ0n) is 17.9. The number of guanidine groups is 2. The van der Waals surface area contributed by atoms with Crippen molar-refractivity contribution in [1.82, 2.24) is 5.32 Å². The van der Waals surface area contributed by atoms with E-state index in [2.05, 4.69) is 15.3 Å². The van der Waals surface area contributed by atoms with Crippen LogP contribution in [0.1, 0.15) is 37.4 Å². The number of hydrogen-bond donors (Lipinski definition) is 6. The molecule has 0 aromatic heterocycles. The van der Waals surface area contributed by atoms with E-state index in [4.69, 9.17) is 33.4 Å². The Balaban J connectivity index is 2.91. The van der Waals surface area contributed by atoms with Gasteiger partial charge in [0.05, 0.1) is 12.1 Å². The Bertz CT molecular complexity index is 792. The quantitative estimate of drug-likeness (QED) is 0.0783. The number of benzene rings is 1. The summed E-state index contributed by atoms with van der Waals surface area (Å²) in [7, 11) is 0. The molecule has 32 heavy (non-hydrogen) atoms. The fourth-order valence-electron chi connectivity index (χ4n) is 2.89. The molecule has 1 aromatic carbocycles. The van der Waals surface area contributed by atoms with E-state index in [1.54, 1.807) is 30.3 Å². The van der Waals surface area contributed by atoms with Gasteiger partial charge in [0.25, 0.3) is 6.47 Å². The minimum Gasteiger partial charge on any atom is -0.452 e. The molecule has 176 valence electrons. The molecular weight excluding hydrogens is 416 g/mol. The number of amides is 1. The van der Waals surface area contributed by atoms with Crippen LogP contribution in [0.15, 0.2) is 40.3 Å². The summed E-state index contributed by atoms with van der Waals surface area (Å²) in [6, 6.07) is 6.65. The van der Waals surface area contributed by atoms with Gasteiger partial charge in [-0.2, -0.15) is 0 Å². The molecule has 0 aliphatic carbocycles. The molecule has 0 aliphatic heterocycles. The Hall–Kier alpha value is -3.67. The third-order valence-electron chi connectivity index (χ3n) is 4.46. The first-order valence-corrected chi connectivity index (χ1v) is 10.1. The molecule has 1 rings (SSSR count). The minimum atomic E-state index is -1.18. The van der Waals surface area contributed by atoms with Gasteiger partial charge in [-0.1, -0.05) is 30.3 Å². The predicted octanol–water partition coefficient (Wildman–Crippen LogP) is -1.61. The molecule has 0 saturated carbocycles. The van der Waals surface area contributed by atoms with Gasteiger partial charge in [0, 0.05) is 18.7 Å². The Morgan fingerprint density at radius 2 is 1.53 bits per heavy atom. The Morgan fingerprint density at radius 3 is 2.06 bits per heavy atom. The summed E-state index contributed by atoms with van der Waals surface area (Å²) < 4.78 is 5.04. The molecular formula is C20H32N8O4. The number of nitrogens with zero attached hydrogens (tertiary/aromatic N) is 2. The maximum atomic E-state index is 13.2. The second-order valence-electron chi connectivity index (χ2n) is 6.99. The molecule has 0 saturated heterocycles. The average molecular weight is 449 g/mol. The predicted molar refractivity (Wildman–Crippen MR) is 121 cm³/mol. The summed E-state index contributed by atoms with van der Waals surface area (Å²) in [6.45, 7) is 0.786. The van der Waals surface area contributed by atoms with Crippen LogP contribution in [0.4, 0.5) is 0 Å². The first-order valence-electron chi connectivity index (χ1n) is 10.1. The number of aliphatic imine (C=N–C) groups is 2. The number of nitrogens with two attached hydrogens (primary N) is 5. The van der Waals surface area contributed by atoms with E-state index in [1.165, 1.54) is 0 Å². The Labute approximate surface area is 186 Å². The molecule has 0 aliphatic rings. The van der Waals surface area contributed by atoms with Gasteiger partial charge >= 0.3 is 0 Å². The molecule has 1 unspecified atom stereocenters. The summed E-state index contributed by atoms with van der Waals surface area (Å²) in [5, 5.41) is 2.66. The first kappa shape index (κ1) is 26.4. The molecule has 0 radical (unpaired) electrons. The van der Waals surface area contributed by atoms with Crippen LogP contribution in [0, 0.1) is 0 Å². The number of hydrogen-bond acceptors (Lipinski definition) is 7. The molecule has 0 fully saturated rings. The lowest BCUT2D eigenvalue weighted by atomic mass is 9.96. The Kier molecular flexibility index (Phi) is 11.8. The van der Waals surface area contributed by atoms with Gasteiger partial charge in [-0.25, -0.2) is 0 Å². The topological polar surface area (TPSA) is 227 Å². The summed E-state index contributed by atoms with van der Waals surface area (Å²) in [5.41, 5.74) is 27.6. The maximum Gasteiger partial charge on any atom is 0.294 e. The van der Waals surface area contributed by atoms with Crippen molar-refractivity contribution in [3.63, 3.8) is 0 Å². The highest BCUT2D eigenvalue weighted by Crippen LogP contribution is 2.21. The van der Waals surface area contributed by atoms with Gasteiger partial charge in [-0.05, 0) is 25.7 Å². The van der Waals surface area contributed by atoms with E-state index in [1.807, 2.05) is 0 Å². The van der Waals surface area contributed by atoms with Crippen molar-refractivity contribution in [3.05, 3.63) is 35.9 Å². The number of Topliss-reactive ketones (excluding diaryl/α,β-unsaturated/α-hetero) is 1. The summed E-state index contributed by atoms with van der Waals surface area (Å²) in [5.74, 6) is -1.13. The zero-order valence-corrected chi connectivity index (χ0v) is 17.9. The van der Waals surface area contributed by atoms with Crippen LogP contribution in [-0.4, -0.2) is 55.3 Å². The van der Waals surface area contributed by atoms with Crippen molar-refractivity contribution >= 4 is 30.1 Å². The van der Waals surface area contributed by atoms with Crippen molar-refractivity contribution in [2.75, 3.05) is 13.1 Å². The van der Waals surface area contributed by atoms with E-state index < -0.39 is 29.9 Å². The molecule has 1 amide bonds. The van der Waals surface area contributed by atoms with Crippen LogP contribution in [0.2, 0.25) is 0 Å². The van der Waals surface area contributed by atoms with Crippen molar-refractivity contribution < 1.29 is 19.1 Å². The smallest absolute Gasteiger partial charge is 0.294 e. The highest BCUT2D eigenvalue weighted by atomic mass is 16.5. The molecule has 0 heterocycles. The molecule has 11 N–H and O–H groups in total. The second-order valence-corrected chi connectivity index (χ2v) is 6.99. The van der Waals surface area contributed by atoms with Crippen LogP contribution in [0.25, 0.3) is 0 Å². The van der Waals surface area contributed by atoms with Crippen LogP contribution in [0.3, 0.4) is 0 Å². The molecule has 12 heteroatoms. The van der Waals surface area contributed by atoms with Crippen molar-refractivity contribution in [2.24, 2.45) is 38.7 Å². The van der Waals surface area contributed by atoms with E-state index in [0.717, 1.165) is 0 Å². The standard InChI is InChI=1S/C20H32N8O4/c21-14(8-4-10-26-19(22)23)18(31)28-15(9-5-11-27-20(24)25)16(30)17(32-12-29)13-6-2-1-3-7-13/h1-3,6-7,12,14-15,17H,4-5,8-11,21H2,(H,28,31)(H4,22,23,26)(H4,24,25,27)/t14-,15-,17?/m0/s1. The lowest BCUT2D eigenvalue weighted by molar-refractivity contribution is -0.146. The van der Waals surface area contributed by atoms with Crippen molar-refractivity contribution in [2.45, 2.75) is 43.9 Å². The first-order chi connectivity index (χ1) is 15.3. The van der Waals surface area contributed by atoms with Gasteiger partial charge in [0.2, 0.25) is 5.91 Å². The number of ether oxygens (including phenoxy) is 1. The molecule has 3 atom stereocenters. The van der Waals surface area contributed by atoms with E-state index in [9.17, 15) is 14.4 Å². The molecule has 1 aromatic rings. The van der Waals surface area contributed by atoms with Gasteiger partial charge in [0.1, 0.15) is 0 Å². The van der Waals surface area contributed by atoms with E-state index in [0.29, 0.717) is 31.4 Å². The molecule has 0 bridgehead atoms. The van der Waals surface area contributed by atoms with E-state index >= 15 is 0 Å². The third-order valence-corrected chi connectivity index (χ3v) is 4.46. The van der Waals surface area contributed by atoms with E-state index in [-0.39, 0.29) is 31.4 Å². The monoisotopic (exact) mass is 448 g/mol. The maximum absolute atomic E-state index is 13.2. The van der Waals surface area contributed by atoms with Crippen LogP contribution < -0.4 is 34.0 Å². The SMILES string of the molecule is NC(N)=NCCC[C@H](NC(=O)[C@@H](N)CCCN=C(N)N)C(=O)C(OC=O)c1ccccc1. The molecule has 12 nitrogen and oxygen atoms in total. The third kappa shape index (κ3) is 9.89. The van der Waals surface area contributed by atoms with Gasteiger partial charge in [-0.15, -0.1) is 0 Å².